The maximum Gasteiger partial charge on any atom is 0.271 e. The molecule has 2 aromatic carbocycles. The minimum Gasteiger partial charge on any atom is -0.354 e. The molecule has 6 nitrogen and oxygen atoms in total. The lowest BCUT2D eigenvalue weighted by molar-refractivity contribution is -0.125. The molecule has 1 aliphatic heterocycles. The van der Waals surface area contributed by atoms with Crippen LogP contribution >= 0.6 is 0 Å². The maximum atomic E-state index is 13.2. The summed E-state index contributed by atoms with van der Waals surface area (Å²) < 4.78 is 14.5. The van der Waals surface area contributed by atoms with Gasteiger partial charge in [-0.1, -0.05) is 30.3 Å². The van der Waals surface area contributed by atoms with E-state index in [0.717, 1.165) is 24.9 Å². The van der Waals surface area contributed by atoms with Crippen molar-refractivity contribution in [2.24, 2.45) is 5.92 Å². The first-order valence-electron chi connectivity index (χ1n) is 10.5. The third-order valence-electron chi connectivity index (χ3n) is 5.63. The first kappa shape index (κ1) is 20.8. The van der Waals surface area contributed by atoms with Gasteiger partial charge in [0.25, 0.3) is 5.56 Å². The minimum absolute atomic E-state index is 0.0212. The van der Waals surface area contributed by atoms with E-state index in [-0.39, 0.29) is 29.2 Å². The van der Waals surface area contributed by atoms with Gasteiger partial charge in [-0.2, -0.15) is 4.68 Å². The van der Waals surface area contributed by atoms with Crippen LogP contribution in [0.3, 0.4) is 0 Å². The van der Waals surface area contributed by atoms with Gasteiger partial charge in [0.15, 0.2) is 0 Å². The zero-order valence-corrected chi connectivity index (χ0v) is 17.4. The Balaban J connectivity index is 1.48. The SMILES string of the molecule is C[C@@H](NC(=O)[C@@H]1CCCN(c2ccc(=O)n(-c3ccc(F)cc3)n2)C1)c1ccccc1. The van der Waals surface area contributed by atoms with E-state index in [2.05, 4.69) is 10.4 Å². The van der Waals surface area contributed by atoms with Gasteiger partial charge in [0.1, 0.15) is 11.6 Å². The second kappa shape index (κ2) is 9.12. The average molecular weight is 420 g/mol. The molecule has 0 unspecified atom stereocenters. The summed E-state index contributed by atoms with van der Waals surface area (Å²) in [6, 6.07) is 18.6. The van der Waals surface area contributed by atoms with Crippen LogP contribution in [-0.2, 0) is 4.79 Å². The molecule has 0 saturated carbocycles. The molecule has 2 heterocycles. The fourth-order valence-electron chi connectivity index (χ4n) is 3.89. The fourth-order valence-corrected chi connectivity index (χ4v) is 3.89. The number of aromatic nitrogens is 2. The lowest BCUT2D eigenvalue weighted by atomic mass is 9.96. The Morgan fingerprint density at radius 1 is 1.10 bits per heavy atom. The first-order valence-corrected chi connectivity index (χ1v) is 10.5. The Kier molecular flexibility index (Phi) is 6.11. The molecule has 4 rings (SSSR count). The van der Waals surface area contributed by atoms with E-state index >= 15 is 0 Å². The number of amides is 1. The molecular formula is C24H25FN4O2. The van der Waals surface area contributed by atoms with Crippen molar-refractivity contribution < 1.29 is 9.18 Å². The van der Waals surface area contributed by atoms with E-state index in [4.69, 9.17) is 0 Å². The number of nitrogens with one attached hydrogen (secondary N) is 1. The van der Waals surface area contributed by atoms with E-state index in [1.807, 2.05) is 42.2 Å². The zero-order valence-electron chi connectivity index (χ0n) is 17.4. The number of rotatable bonds is 5. The molecule has 3 aromatic rings. The number of carbonyl (C=O) groups excluding carboxylic acids is 1. The van der Waals surface area contributed by atoms with Crippen LogP contribution in [0.1, 0.15) is 31.4 Å². The van der Waals surface area contributed by atoms with Crippen LogP contribution in [0, 0.1) is 11.7 Å². The van der Waals surface area contributed by atoms with E-state index in [1.165, 1.54) is 35.0 Å². The van der Waals surface area contributed by atoms with Gasteiger partial charge in [-0.15, -0.1) is 5.10 Å². The Morgan fingerprint density at radius 3 is 2.58 bits per heavy atom. The number of carbonyl (C=O) groups is 1. The van der Waals surface area contributed by atoms with E-state index < -0.39 is 0 Å². The summed E-state index contributed by atoms with van der Waals surface area (Å²) in [6.07, 6.45) is 1.66. The van der Waals surface area contributed by atoms with Crippen molar-refractivity contribution in [1.29, 1.82) is 0 Å². The number of piperidine rings is 1. The molecule has 0 aliphatic carbocycles. The Bertz CT molecular complexity index is 1100. The van der Waals surface area contributed by atoms with E-state index in [0.29, 0.717) is 18.1 Å². The molecule has 2 atom stereocenters. The van der Waals surface area contributed by atoms with Gasteiger partial charge in [0.05, 0.1) is 17.6 Å². The molecule has 31 heavy (non-hydrogen) atoms. The summed E-state index contributed by atoms with van der Waals surface area (Å²) in [5.41, 5.74) is 1.27. The molecule has 0 bridgehead atoms. The van der Waals surface area contributed by atoms with Crippen LogP contribution in [0.2, 0.25) is 0 Å². The summed E-state index contributed by atoms with van der Waals surface area (Å²) in [4.78, 5) is 27.2. The highest BCUT2D eigenvalue weighted by molar-refractivity contribution is 5.80. The summed E-state index contributed by atoms with van der Waals surface area (Å²) in [6.45, 7) is 3.27. The van der Waals surface area contributed by atoms with E-state index in [1.54, 1.807) is 6.07 Å². The average Bonchev–Trinajstić information content (AvgIpc) is 2.80. The van der Waals surface area contributed by atoms with Gasteiger partial charge >= 0.3 is 0 Å². The molecule has 1 N–H and O–H groups in total. The van der Waals surface area contributed by atoms with Crippen molar-refractivity contribution in [1.82, 2.24) is 15.1 Å². The largest absolute Gasteiger partial charge is 0.354 e. The van der Waals surface area contributed by atoms with Crippen molar-refractivity contribution >= 4 is 11.7 Å². The van der Waals surface area contributed by atoms with Crippen LogP contribution < -0.4 is 15.8 Å². The van der Waals surface area contributed by atoms with E-state index in [9.17, 15) is 14.0 Å². The molecule has 1 fully saturated rings. The number of halogens is 1. The van der Waals surface area contributed by atoms with Gasteiger partial charge in [-0.3, -0.25) is 9.59 Å². The second-order valence-corrected chi connectivity index (χ2v) is 7.84. The number of hydrogen-bond acceptors (Lipinski definition) is 4. The van der Waals surface area contributed by atoms with Gasteiger partial charge in [-0.05, 0) is 55.7 Å². The van der Waals surface area contributed by atoms with Gasteiger partial charge in [0, 0.05) is 19.2 Å². The van der Waals surface area contributed by atoms with Crippen molar-refractivity contribution in [2.45, 2.75) is 25.8 Å². The second-order valence-electron chi connectivity index (χ2n) is 7.84. The molecule has 7 heteroatoms. The molecule has 1 saturated heterocycles. The van der Waals surface area contributed by atoms with Crippen LogP contribution in [0.4, 0.5) is 10.2 Å². The van der Waals surface area contributed by atoms with Crippen molar-refractivity contribution in [3.63, 3.8) is 0 Å². The van der Waals surface area contributed by atoms with Crippen molar-refractivity contribution in [3.8, 4) is 5.69 Å². The number of hydrogen-bond donors (Lipinski definition) is 1. The number of nitrogens with zero attached hydrogens (tertiary/aromatic N) is 3. The maximum absolute atomic E-state index is 13.2. The van der Waals surface area contributed by atoms with Gasteiger partial charge < -0.3 is 10.2 Å². The first-order chi connectivity index (χ1) is 15.0. The predicted octanol–water partition coefficient (Wildman–Crippen LogP) is 3.47. The lowest BCUT2D eigenvalue weighted by Gasteiger charge is -2.33. The number of benzene rings is 2. The molecule has 0 radical (unpaired) electrons. The number of anilines is 1. The quantitative estimate of drug-likeness (QED) is 0.686. The predicted molar refractivity (Wildman–Crippen MR) is 118 cm³/mol. The smallest absolute Gasteiger partial charge is 0.271 e. The fraction of sp³-hybridized carbons (Fsp3) is 0.292. The Hall–Kier alpha value is -3.48. The van der Waals surface area contributed by atoms with Gasteiger partial charge in [0.2, 0.25) is 5.91 Å². The van der Waals surface area contributed by atoms with Crippen molar-refractivity contribution in [2.75, 3.05) is 18.0 Å². The normalized spacial score (nSPS) is 17.2. The van der Waals surface area contributed by atoms with Crippen LogP contribution in [-0.4, -0.2) is 28.8 Å². The topological polar surface area (TPSA) is 67.2 Å². The Morgan fingerprint density at radius 2 is 1.84 bits per heavy atom. The molecular weight excluding hydrogens is 395 g/mol. The third-order valence-corrected chi connectivity index (χ3v) is 5.63. The highest BCUT2D eigenvalue weighted by Gasteiger charge is 2.27. The highest BCUT2D eigenvalue weighted by atomic mass is 19.1. The highest BCUT2D eigenvalue weighted by Crippen LogP contribution is 2.23. The Labute approximate surface area is 180 Å². The van der Waals surface area contributed by atoms with Crippen LogP contribution in [0.15, 0.2) is 71.5 Å². The zero-order chi connectivity index (χ0) is 21.8. The lowest BCUT2D eigenvalue weighted by Crippen LogP contribution is -2.44. The standard InChI is InChI=1S/C24H25FN4O2/c1-17(18-6-3-2-4-7-18)26-24(31)19-8-5-15-28(16-19)22-13-14-23(30)29(27-22)21-11-9-20(25)10-12-21/h2-4,6-7,9-14,17,19H,5,8,15-16H2,1H3,(H,26,31)/t17-,19-/m1/s1. The molecule has 160 valence electrons. The molecule has 1 amide bonds. The molecule has 0 spiro atoms. The summed E-state index contributed by atoms with van der Waals surface area (Å²) in [5.74, 6) is 0.112. The summed E-state index contributed by atoms with van der Waals surface area (Å²) in [5, 5.41) is 7.59. The summed E-state index contributed by atoms with van der Waals surface area (Å²) in [7, 11) is 0. The monoisotopic (exact) mass is 420 g/mol. The van der Waals surface area contributed by atoms with Crippen LogP contribution in [0.5, 0.6) is 0 Å². The van der Waals surface area contributed by atoms with Crippen LogP contribution in [0.25, 0.3) is 5.69 Å². The summed E-state index contributed by atoms with van der Waals surface area (Å²) >= 11 is 0. The van der Waals surface area contributed by atoms with Gasteiger partial charge in [-0.25, -0.2) is 4.39 Å². The molecule has 1 aliphatic rings. The van der Waals surface area contributed by atoms with Crippen molar-refractivity contribution in [3.05, 3.63) is 88.5 Å². The minimum atomic E-state index is -0.373. The third kappa shape index (κ3) is 4.82. The molecule has 1 aromatic heterocycles.